The third-order valence-corrected chi connectivity index (χ3v) is 5.29. The first-order valence-corrected chi connectivity index (χ1v) is 9.68. The lowest BCUT2D eigenvalue weighted by Gasteiger charge is -2.25. The molecule has 0 saturated carbocycles. The van der Waals surface area contributed by atoms with E-state index in [1.54, 1.807) is 12.3 Å². The largest absolute Gasteiger partial charge is 0.492 e. The van der Waals surface area contributed by atoms with Crippen molar-refractivity contribution in [2.24, 2.45) is 5.92 Å². The van der Waals surface area contributed by atoms with Crippen LogP contribution < -0.4 is 20.8 Å². The molecule has 0 spiro atoms. The van der Waals surface area contributed by atoms with Gasteiger partial charge in [0.05, 0.1) is 25.3 Å². The predicted molar refractivity (Wildman–Crippen MR) is 101 cm³/mol. The lowest BCUT2D eigenvalue weighted by molar-refractivity contribution is -0.115. The van der Waals surface area contributed by atoms with E-state index in [1.165, 1.54) is 0 Å². The molecule has 7 nitrogen and oxygen atoms in total. The summed E-state index contributed by atoms with van der Waals surface area (Å²) in [7, 11) is 0. The number of hydrogen-bond donors (Lipinski definition) is 3. The predicted octanol–water partition coefficient (Wildman–Crippen LogP) is 0.754. The second-order valence-corrected chi connectivity index (χ2v) is 7.40. The number of carbonyl (C=O) groups excluding carboxylic acids is 2. The third kappa shape index (κ3) is 4.31. The maximum Gasteiger partial charge on any atom is 0.255 e. The van der Waals surface area contributed by atoms with Gasteiger partial charge >= 0.3 is 0 Å². The number of nitrogens with zero attached hydrogens (tertiary/aromatic N) is 1. The van der Waals surface area contributed by atoms with E-state index in [2.05, 4.69) is 22.1 Å². The van der Waals surface area contributed by atoms with E-state index in [1.807, 2.05) is 11.1 Å². The number of ketones is 1. The van der Waals surface area contributed by atoms with Crippen LogP contribution in [0.3, 0.4) is 0 Å². The van der Waals surface area contributed by atoms with Gasteiger partial charge in [0.1, 0.15) is 5.75 Å². The van der Waals surface area contributed by atoms with Gasteiger partial charge in [0, 0.05) is 19.2 Å². The minimum Gasteiger partial charge on any atom is -0.492 e. The number of piperidine rings is 1. The molecule has 0 aromatic heterocycles. The quantitative estimate of drug-likeness (QED) is 0.710. The zero-order chi connectivity index (χ0) is 18.6. The number of benzene rings is 1. The van der Waals surface area contributed by atoms with Gasteiger partial charge in [0.2, 0.25) is 0 Å². The second kappa shape index (κ2) is 8.10. The molecule has 1 unspecified atom stereocenters. The van der Waals surface area contributed by atoms with E-state index in [0.29, 0.717) is 37.7 Å². The zero-order valence-corrected chi connectivity index (χ0v) is 15.4. The highest BCUT2D eigenvalue weighted by atomic mass is 16.5. The van der Waals surface area contributed by atoms with E-state index in [9.17, 15) is 9.59 Å². The number of amides is 1. The number of nitrogens with one attached hydrogen (secondary N) is 3. The summed E-state index contributed by atoms with van der Waals surface area (Å²) in [5.41, 5.74) is 5.77. The molecular weight excluding hydrogens is 344 g/mol. The Hall–Kier alpha value is -2.38. The highest BCUT2D eigenvalue weighted by molar-refractivity contribution is 5.97. The normalized spacial score (nSPS) is 21.7. The van der Waals surface area contributed by atoms with Gasteiger partial charge in [-0.1, -0.05) is 6.07 Å². The van der Waals surface area contributed by atoms with Crippen LogP contribution in [0.5, 0.6) is 5.75 Å². The SMILES string of the molecule is O=C1C=CN(Cc2cc3c(c(C(=O)NCC4CCCNC4)c2)OCC3)NC1. The molecule has 1 saturated heterocycles. The molecule has 3 aliphatic heterocycles. The molecule has 0 radical (unpaired) electrons. The summed E-state index contributed by atoms with van der Waals surface area (Å²) >= 11 is 0. The Labute approximate surface area is 159 Å². The fraction of sp³-hybridized carbons (Fsp3) is 0.500. The smallest absolute Gasteiger partial charge is 0.255 e. The summed E-state index contributed by atoms with van der Waals surface area (Å²) in [5, 5.41) is 8.34. The zero-order valence-electron chi connectivity index (χ0n) is 15.4. The topological polar surface area (TPSA) is 82.7 Å². The second-order valence-electron chi connectivity index (χ2n) is 7.40. The van der Waals surface area contributed by atoms with Gasteiger partial charge in [0.15, 0.2) is 5.78 Å². The van der Waals surface area contributed by atoms with Gasteiger partial charge in [-0.3, -0.25) is 9.59 Å². The molecule has 1 aromatic rings. The number of hydrogen-bond acceptors (Lipinski definition) is 6. The summed E-state index contributed by atoms with van der Waals surface area (Å²) < 4.78 is 5.74. The van der Waals surface area contributed by atoms with Crippen molar-refractivity contribution >= 4 is 11.7 Å². The lowest BCUT2D eigenvalue weighted by atomic mass is 9.99. The minimum atomic E-state index is -0.0714. The summed E-state index contributed by atoms with van der Waals surface area (Å²) in [5.74, 6) is 1.19. The van der Waals surface area contributed by atoms with Crippen molar-refractivity contribution in [3.05, 3.63) is 41.1 Å². The maximum absolute atomic E-state index is 12.8. The van der Waals surface area contributed by atoms with Crippen LogP contribution in [-0.2, 0) is 17.8 Å². The van der Waals surface area contributed by atoms with Crippen LogP contribution in [0.2, 0.25) is 0 Å². The van der Waals surface area contributed by atoms with Crippen LogP contribution >= 0.6 is 0 Å². The van der Waals surface area contributed by atoms with Crippen molar-refractivity contribution in [2.75, 3.05) is 32.8 Å². The Morgan fingerprint density at radius 2 is 2.30 bits per heavy atom. The molecule has 3 N–H and O–H groups in total. The van der Waals surface area contributed by atoms with Gasteiger partial charge in [0.25, 0.3) is 5.91 Å². The Balaban J connectivity index is 1.47. The molecule has 1 atom stereocenters. The van der Waals surface area contributed by atoms with Crippen molar-refractivity contribution in [3.8, 4) is 5.75 Å². The molecule has 144 valence electrons. The van der Waals surface area contributed by atoms with Gasteiger partial charge in [-0.25, -0.2) is 5.43 Å². The monoisotopic (exact) mass is 370 g/mol. The molecule has 1 aromatic carbocycles. The van der Waals surface area contributed by atoms with Crippen LogP contribution in [0.4, 0.5) is 0 Å². The number of carbonyl (C=O) groups is 2. The highest BCUT2D eigenvalue weighted by Gasteiger charge is 2.24. The first kappa shape index (κ1) is 18.0. The Bertz CT molecular complexity index is 756. The van der Waals surface area contributed by atoms with Crippen LogP contribution in [0, 0.1) is 5.92 Å². The molecule has 0 bridgehead atoms. The Morgan fingerprint density at radius 3 is 3.07 bits per heavy atom. The molecule has 4 rings (SSSR count). The average molecular weight is 370 g/mol. The van der Waals surface area contributed by atoms with Crippen LogP contribution in [0.25, 0.3) is 0 Å². The van der Waals surface area contributed by atoms with Crippen molar-refractivity contribution < 1.29 is 14.3 Å². The van der Waals surface area contributed by atoms with Crippen molar-refractivity contribution in [1.82, 2.24) is 21.1 Å². The van der Waals surface area contributed by atoms with E-state index >= 15 is 0 Å². The van der Waals surface area contributed by atoms with Crippen molar-refractivity contribution in [2.45, 2.75) is 25.8 Å². The minimum absolute atomic E-state index is 0.0610. The van der Waals surface area contributed by atoms with Crippen LogP contribution in [0.1, 0.15) is 34.3 Å². The molecule has 0 aliphatic carbocycles. The van der Waals surface area contributed by atoms with Crippen LogP contribution in [0.15, 0.2) is 24.4 Å². The number of fused-ring (bicyclic) bond motifs is 1. The Morgan fingerprint density at radius 1 is 1.37 bits per heavy atom. The van der Waals surface area contributed by atoms with Crippen molar-refractivity contribution in [1.29, 1.82) is 0 Å². The molecule has 27 heavy (non-hydrogen) atoms. The summed E-state index contributed by atoms with van der Waals surface area (Å²) in [6.07, 6.45) is 6.43. The van der Waals surface area contributed by atoms with Crippen LogP contribution in [-0.4, -0.2) is 49.5 Å². The molecule has 7 heteroatoms. The molecule has 1 fully saturated rings. The standard InChI is InChI=1S/C20H26N4O3/c25-17-3-6-24(23-12-17)13-15-8-16-4-7-27-19(16)18(9-15)20(26)22-11-14-2-1-5-21-10-14/h3,6,8-9,14,21,23H,1-2,4-5,7,10-13H2,(H,22,26). The molecular formula is C20H26N4O3. The van der Waals surface area contributed by atoms with E-state index < -0.39 is 0 Å². The summed E-state index contributed by atoms with van der Waals surface area (Å²) in [6, 6.07) is 4.00. The number of ether oxygens (including phenoxy) is 1. The maximum atomic E-state index is 12.8. The van der Waals surface area contributed by atoms with Gasteiger partial charge in [-0.05, 0) is 55.1 Å². The van der Waals surface area contributed by atoms with Gasteiger partial charge in [-0.15, -0.1) is 0 Å². The fourth-order valence-corrected chi connectivity index (χ4v) is 3.83. The average Bonchev–Trinajstić information content (AvgIpc) is 3.16. The summed E-state index contributed by atoms with van der Waals surface area (Å²) in [6.45, 7) is 4.21. The fourth-order valence-electron chi connectivity index (χ4n) is 3.83. The Kier molecular flexibility index (Phi) is 5.40. The first-order valence-electron chi connectivity index (χ1n) is 9.68. The molecule has 1 amide bonds. The van der Waals surface area contributed by atoms with E-state index in [0.717, 1.165) is 49.2 Å². The van der Waals surface area contributed by atoms with Gasteiger partial charge in [-0.2, -0.15) is 0 Å². The number of hydrazine groups is 1. The van der Waals surface area contributed by atoms with E-state index in [-0.39, 0.29) is 11.7 Å². The van der Waals surface area contributed by atoms with Crippen molar-refractivity contribution in [3.63, 3.8) is 0 Å². The third-order valence-electron chi connectivity index (χ3n) is 5.29. The van der Waals surface area contributed by atoms with E-state index in [4.69, 9.17) is 4.74 Å². The molecule has 3 heterocycles. The van der Waals surface area contributed by atoms with Gasteiger partial charge < -0.3 is 20.4 Å². The first-order chi connectivity index (χ1) is 13.2. The molecule has 3 aliphatic rings. The lowest BCUT2D eigenvalue weighted by Crippen LogP contribution is -2.40. The number of rotatable bonds is 5. The highest BCUT2D eigenvalue weighted by Crippen LogP contribution is 2.31. The summed E-state index contributed by atoms with van der Waals surface area (Å²) in [4.78, 5) is 24.1.